The summed E-state index contributed by atoms with van der Waals surface area (Å²) in [6.45, 7) is 8.40. The number of rotatable bonds is 5. The summed E-state index contributed by atoms with van der Waals surface area (Å²) in [4.78, 5) is 18.6. The fourth-order valence-electron chi connectivity index (χ4n) is 6.49. The van der Waals surface area contributed by atoms with Gasteiger partial charge >= 0.3 is 0 Å². The van der Waals surface area contributed by atoms with Gasteiger partial charge in [0.1, 0.15) is 0 Å². The lowest BCUT2D eigenvalue weighted by Crippen LogP contribution is -2.60. The predicted octanol–water partition coefficient (Wildman–Crippen LogP) is 2.04. The van der Waals surface area contributed by atoms with Crippen LogP contribution in [-0.4, -0.2) is 75.9 Å². The number of carbonyl (C=O) groups is 1. The molecule has 2 saturated heterocycles. The number of hydrogen-bond donors (Lipinski definition) is 2. The summed E-state index contributed by atoms with van der Waals surface area (Å²) in [6, 6.07) is 9.35. The number of carbonyl (C=O) groups excluding carboxylic acids is 1. The van der Waals surface area contributed by atoms with Crippen LogP contribution < -0.4 is 15.5 Å². The van der Waals surface area contributed by atoms with Crippen molar-refractivity contribution in [3.63, 3.8) is 0 Å². The molecule has 170 valence electrons. The standard InChI is InChI=1S/C25H38N4O2/c30-24(27-11-13-29-12-3-5-20-4-1-2-6-23(20)29)25-9-7-22(28-14-16-31-17-15-28)18-21(25)8-10-26-19-25/h1-2,4,6,21-22,26H,3,5,7-19H2,(H,27,30)/t21-,22+,25-/m1/s1. The highest BCUT2D eigenvalue weighted by Crippen LogP contribution is 2.46. The molecule has 1 amide bonds. The maximum absolute atomic E-state index is 13.5. The number of aryl methyl sites for hydroxylation is 1. The molecule has 1 aromatic rings. The van der Waals surface area contributed by atoms with Crippen molar-refractivity contribution < 1.29 is 9.53 Å². The quantitative estimate of drug-likeness (QED) is 0.755. The van der Waals surface area contributed by atoms with Crippen molar-refractivity contribution in [2.24, 2.45) is 11.3 Å². The maximum atomic E-state index is 13.5. The molecule has 6 heteroatoms. The normalized spacial score (nSPS) is 31.5. The number of morpholine rings is 1. The van der Waals surface area contributed by atoms with Crippen molar-refractivity contribution in [2.45, 2.75) is 44.6 Å². The van der Waals surface area contributed by atoms with Gasteiger partial charge in [0, 0.05) is 51.0 Å². The first kappa shape index (κ1) is 21.2. The Hall–Kier alpha value is -1.63. The van der Waals surface area contributed by atoms with Crippen molar-refractivity contribution in [1.29, 1.82) is 0 Å². The first-order chi connectivity index (χ1) is 15.3. The van der Waals surface area contributed by atoms with E-state index >= 15 is 0 Å². The van der Waals surface area contributed by atoms with Gasteiger partial charge in [0.05, 0.1) is 18.6 Å². The molecule has 0 radical (unpaired) electrons. The Morgan fingerprint density at radius 1 is 1.19 bits per heavy atom. The molecule has 0 bridgehead atoms. The lowest BCUT2D eigenvalue weighted by atomic mass is 9.61. The van der Waals surface area contributed by atoms with Gasteiger partial charge < -0.3 is 20.3 Å². The molecule has 3 heterocycles. The van der Waals surface area contributed by atoms with E-state index in [9.17, 15) is 4.79 Å². The summed E-state index contributed by atoms with van der Waals surface area (Å²) < 4.78 is 5.55. The van der Waals surface area contributed by atoms with Crippen LogP contribution in [0.25, 0.3) is 0 Å². The largest absolute Gasteiger partial charge is 0.379 e. The van der Waals surface area contributed by atoms with E-state index in [1.54, 1.807) is 0 Å². The SMILES string of the molecule is O=C(NCCN1CCCc2ccccc21)[C@@]12CC[C@H](N3CCOCC3)C[C@H]1CCNC2. The Morgan fingerprint density at radius 3 is 2.97 bits per heavy atom. The van der Waals surface area contributed by atoms with Crippen molar-refractivity contribution in [2.75, 3.05) is 63.9 Å². The molecule has 0 unspecified atom stereocenters. The number of ether oxygens (including phenoxy) is 1. The fraction of sp³-hybridized carbons (Fsp3) is 0.720. The number of para-hydroxylation sites is 1. The zero-order valence-electron chi connectivity index (χ0n) is 18.8. The Morgan fingerprint density at radius 2 is 2.06 bits per heavy atom. The van der Waals surface area contributed by atoms with Crippen LogP contribution in [0.5, 0.6) is 0 Å². The first-order valence-electron chi connectivity index (χ1n) is 12.4. The van der Waals surface area contributed by atoms with Crippen LogP contribution in [0.4, 0.5) is 5.69 Å². The van der Waals surface area contributed by atoms with Crippen molar-refractivity contribution >= 4 is 11.6 Å². The first-order valence-corrected chi connectivity index (χ1v) is 12.4. The van der Waals surface area contributed by atoms with Gasteiger partial charge in [-0.1, -0.05) is 18.2 Å². The van der Waals surface area contributed by atoms with E-state index in [0.29, 0.717) is 12.0 Å². The summed E-state index contributed by atoms with van der Waals surface area (Å²) >= 11 is 0. The average molecular weight is 427 g/mol. The summed E-state index contributed by atoms with van der Waals surface area (Å²) in [5.74, 6) is 0.779. The number of piperidine rings is 1. The minimum atomic E-state index is -0.221. The zero-order valence-corrected chi connectivity index (χ0v) is 18.8. The Labute approximate surface area is 186 Å². The minimum absolute atomic E-state index is 0.221. The second kappa shape index (κ2) is 9.47. The third kappa shape index (κ3) is 4.35. The molecule has 2 N–H and O–H groups in total. The molecular formula is C25H38N4O2. The molecule has 31 heavy (non-hydrogen) atoms. The third-order valence-corrected chi connectivity index (χ3v) is 8.26. The van der Waals surface area contributed by atoms with Gasteiger partial charge in [0.15, 0.2) is 0 Å². The van der Waals surface area contributed by atoms with Crippen molar-refractivity contribution in [1.82, 2.24) is 15.5 Å². The number of nitrogens with one attached hydrogen (secondary N) is 2. The molecule has 1 aromatic carbocycles. The fourth-order valence-corrected chi connectivity index (χ4v) is 6.49. The molecular weight excluding hydrogens is 388 g/mol. The lowest BCUT2D eigenvalue weighted by molar-refractivity contribution is -0.140. The van der Waals surface area contributed by atoms with Gasteiger partial charge in [0.25, 0.3) is 0 Å². The van der Waals surface area contributed by atoms with Gasteiger partial charge in [0.2, 0.25) is 5.91 Å². The Balaban J connectivity index is 1.19. The molecule has 1 saturated carbocycles. The summed E-state index contributed by atoms with van der Waals surface area (Å²) in [7, 11) is 0. The van der Waals surface area contributed by atoms with Crippen LogP contribution in [0.2, 0.25) is 0 Å². The molecule has 3 atom stereocenters. The molecule has 0 aromatic heterocycles. The number of benzene rings is 1. The highest BCUT2D eigenvalue weighted by molar-refractivity contribution is 5.83. The molecule has 0 spiro atoms. The van der Waals surface area contributed by atoms with E-state index in [1.807, 2.05) is 0 Å². The van der Waals surface area contributed by atoms with E-state index in [2.05, 4.69) is 44.7 Å². The van der Waals surface area contributed by atoms with E-state index < -0.39 is 0 Å². The summed E-state index contributed by atoms with van der Waals surface area (Å²) in [5.41, 5.74) is 2.57. The topological polar surface area (TPSA) is 56.8 Å². The van der Waals surface area contributed by atoms with Gasteiger partial charge in [-0.05, 0) is 62.6 Å². The van der Waals surface area contributed by atoms with Crippen LogP contribution in [-0.2, 0) is 16.0 Å². The van der Waals surface area contributed by atoms with E-state index in [1.165, 1.54) is 24.1 Å². The number of hydrogen-bond acceptors (Lipinski definition) is 5. The van der Waals surface area contributed by atoms with Gasteiger partial charge in [-0.25, -0.2) is 0 Å². The smallest absolute Gasteiger partial charge is 0.227 e. The summed E-state index contributed by atoms with van der Waals surface area (Å²) in [6.07, 6.45) is 6.78. The molecule has 6 nitrogen and oxygen atoms in total. The number of anilines is 1. The maximum Gasteiger partial charge on any atom is 0.227 e. The lowest BCUT2D eigenvalue weighted by Gasteiger charge is -2.51. The second-order valence-electron chi connectivity index (χ2n) is 9.87. The Kier molecular flexibility index (Phi) is 6.49. The van der Waals surface area contributed by atoms with Gasteiger partial charge in [-0.3, -0.25) is 9.69 Å². The number of nitrogens with zero attached hydrogens (tertiary/aromatic N) is 2. The monoisotopic (exact) mass is 426 g/mol. The van der Waals surface area contributed by atoms with Gasteiger partial charge in [-0.15, -0.1) is 0 Å². The second-order valence-corrected chi connectivity index (χ2v) is 9.87. The highest BCUT2D eigenvalue weighted by atomic mass is 16.5. The van der Waals surface area contributed by atoms with Crippen LogP contribution in [0.1, 0.15) is 37.7 Å². The molecule has 5 rings (SSSR count). The highest BCUT2D eigenvalue weighted by Gasteiger charge is 2.50. The summed E-state index contributed by atoms with van der Waals surface area (Å²) in [5, 5.41) is 6.91. The van der Waals surface area contributed by atoms with Crippen LogP contribution in [0, 0.1) is 11.3 Å². The molecule has 3 aliphatic heterocycles. The Bertz CT molecular complexity index is 766. The zero-order chi connectivity index (χ0) is 21.1. The van der Waals surface area contributed by atoms with E-state index in [-0.39, 0.29) is 11.3 Å². The number of fused-ring (bicyclic) bond motifs is 2. The minimum Gasteiger partial charge on any atom is -0.379 e. The van der Waals surface area contributed by atoms with Crippen LogP contribution >= 0.6 is 0 Å². The molecule has 1 aliphatic carbocycles. The third-order valence-electron chi connectivity index (χ3n) is 8.26. The van der Waals surface area contributed by atoms with Crippen molar-refractivity contribution in [3.8, 4) is 0 Å². The van der Waals surface area contributed by atoms with Gasteiger partial charge in [-0.2, -0.15) is 0 Å². The van der Waals surface area contributed by atoms with Crippen molar-refractivity contribution in [3.05, 3.63) is 29.8 Å². The van der Waals surface area contributed by atoms with Crippen LogP contribution in [0.15, 0.2) is 24.3 Å². The predicted molar refractivity (Wildman–Crippen MR) is 123 cm³/mol. The molecule has 4 aliphatic rings. The van der Waals surface area contributed by atoms with E-state index in [0.717, 1.165) is 84.7 Å². The number of amides is 1. The van der Waals surface area contributed by atoms with E-state index in [4.69, 9.17) is 4.74 Å². The van der Waals surface area contributed by atoms with Crippen LogP contribution in [0.3, 0.4) is 0 Å². The molecule has 3 fully saturated rings. The average Bonchev–Trinajstić information content (AvgIpc) is 2.84.